The highest BCUT2D eigenvalue weighted by atomic mass is 32.2. The molecule has 0 aliphatic heterocycles. The first kappa shape index (κ1) is 14.7. The summed E-state index contributed by atoms with van der Waals surface area (Å²) < 4.78 is 26.9. The maximum Gasteiger partial charge on any atom is 0.275 e. The minimum Gasteiger partial charge on any atom is -0.380 e. The third kappa shape index (κ3) is 3.83. The molecule has 0 saturated carbocycles. The van der Waals surface area contributed by atoms with E-state index in [0.29, 0.717) is 23.9 Å². The average molecular weight is 276 g/mol. The molecule has 4 nitrogen and oxygen atoms in total. The molecule has 18 heavy (non-hydrogen) atoms. The Morgan fingerprint density at radius 1 is 1.44 bits per heavy atom. The molecule has 0 saturated heterocycles. The Balaban J connectivity index is 2.75. The highest BCUT2D eigenvalue weighted by Gasteiger charge is 2.16. The molecule has 0 heterocycles. The van der Waals surface area contributed by atoms with Gasteiger partial charge in [0, 0.05) is 11.8 Å². The number of nitro benzene ring substituents is 1. The third-order valence-corrected chi connectivity index (χ3v) is 3.53. The zero-order chi connectivity index (χ0) is 13.7. The molecule has 1 aromatic rings. The predicted octanol–water partition coefficient (Wildman–Crippen LogP) is 3.43. The van der Waals surface area contributed by atoms with E-state index in [1.807, 2.05) is 13.2 Å². The van der Waals surface area contributed by atoms with Gasteiger partial charge in [-0.05, 0) is 12.7 Å². The van der Waals surface area contributed by atoms with Crippen molar-refractivity contribution >= 4 is 23.1 Å². The molecule has 1 atom stereocenters. The van der Waals surface area contributed by atoms with Crippen LogP contribution in [0.25, 0.3) is 0 Å². The summed E-state index contributed by atoms with van der Waals surface area (Å²) in [5.41, 5.74) is -0.901. The summed E-state index contributed by atoms with van der Waals surface area (Å²) >= 11 is 1.66. The van der Waals surface area contributed by atoms with E-state index in [4.69, 9.17) is 0 Å². The molecular weight excluding hydrogens is 262 g/mol. The van der Waals surface area contributed by atoms with E-state index in [1.54, 1.807) is 11.8 Å². The molecule has 7 heteroatoms. The molecule has 1 unspecified atom stereocenters. The number of anilines is 1. The summed E-state index contributed by atoms with van der Waals surface area (Å²) in [4.78, 5) is 9.58. The first-order chi connectivity index (χ1) is 8.45. The van der Waals surface area contributed by atoms with Crippen LogP contribution in [0.5, 0.6) is 0 Å². The molecule has 100 valence electrons. The van der Waals surface area contributed by atoms with Gasteiger partial charge in [0.1, 0.15) is 5.69 Å². The SMILES string of the molecule is CSC(C)CCNc1c(F)cc([N+](=O)[O-])cc1F. The van der Waals surface area contributed by atoms with Gasteiger partial charge in [0.2, 0.25) is 0 Å². The van der Waals surface area contributed by atoms with E-state index in [2.05, 4.69) is 5.32 Å². The Hall–Kier alpha value is -1.37. The highest BCUT2D eigenvalue weighted by molar-refractivity contribution is 7.99. The molecule has 0 fully saturated rings. The number of non-ortho nitro benzene ring substituents is 1. The second-order valence-corrected chi connectivity index (χ2v) is 5.08. The lowest BCUT2D eigenvalue weighted by molar-refractivity contribution is -0.385. The molecule has 0 radical (unpaired) electrons. The molecule has 0 aliphatic rings. The Morgan fingerprint density at radius 3 is 2.44 bits per heavy atom. The summed E-state index contributed by atoms with van der Waals surface area (Å²) in [5, 5.41) is 13.4. The van der Waals surface area contributed by atoms with Crippen LogP contribution in [0.4, 0.5) is 20.2 Å². The molecule has 0 aromatic heterocycles. The average Bonchev–Trinajstić information content (AvgIpc) is 2.31. The summed E-state index contributed by atoms with van der Waals surface area (Å²) in [6, 6.07) is 1.42. The van der Waals surface area contributed by atoms with E-state index in [1.165, 1.54) is 0 Å². The Morgan fingerprint density at radius 2 is 2.00 bits per heavy atom. The van der Waals surface area contributed by atoms with Gasteiger partial charge in [-0.3, -0.25) is 10.1 Å². The lowest BCUT2D eigenvalue weighted by atomic mass is 10.2. The smallest absolute Gasteiger partial charge is 0.275 e. The number of thioether (sulfide) groups is 1. The fourth-order valence-corrected chi connectivity index (χ4v) is 1.71. The largest absolute Gasteiger partial charge is 0.380 e. The van der Waals surface area contributed by atoms with Crippen LogP contribution < -0.4 is 5.32 Å². The van der Waals surface area contributed by atoms with Crippen molar-refractivity contribution in [3.05, 3.63) is 33.9 Å². The Bertz CT molecular complexity index is 420. The Labute approximate surface area is 108 Å². The van der Waals surface area contributed by atoms with Crippen LogP contribution in [0.1, 0.15) is 13.3 Å². The number of halogens is 2. The second-order valence-electron chi connectivity index (χ2n) is 3.80. The van der Waals surface area contributed by atoms with Gasteiger partial charge in [-0.25, -0.2) is 8.78 Å². The number of rotatable bonds is 6. The van der Waals surface area contributed by atoms with Crippen LogP contribution in [-0.4, -0.2) is 23.0 Å². The van der Waals surface area contributed by atoms with E-state index >= 15 is 0 Å². The number of hydrogen-bond donors (Lipinski definition) is 1. The molecule has 1 N–H and O–H groups in total. The van der Waals surface area contributed by atoms with Gasteiger partial charge < -0.3 is 5.32 Å². The molecule has 0 amide bonds. The van der Waals surface area contributed by atoms with E-state index < -0.39 is 22.2 Å². The van der Waals surface area contributed by atoms with Crippen molar-refractivity contribution in [3.63, 3.8) is 0 Å². The third-order valence-electron chi connectivity index (χ3n) is 2.49. The van der Waals surface area contributed by atoms with Gasteiger partial charge in [-0.1, -0.05) is 6.92 Å². The van der Waals surface area contributed by atoms with Crippen LogP contribution in [0, 0.1) is 21.7 Å². The lowest BCUT2D eigenvalue weighted by Crippen LogP contribution is -2.10. The van der Waals surface area contributed by atoms with E-state index in [-0.39, 0.29) is 5.69 Å². The first-order valence-electron chi connectivity index (χ1n) is 5.35. The van der Waals surface area contributed by atoms with Gasteiger partial charge in [-0.2, -0.15) is 11.8 Å². The fourth-order valence-electron chi connectivity index (χ4n) is 1.35. The van der Waals surface area contributed by atoms with E-state index in [9.17, 15) is 18.9 Å². The van der Waals surface area contributed by atoms with Gasteiger partial charge in [0.05, 0.1) is 17.1 Å². The zero-order valence-electron chi connectivity index (χ0n) is 10.1. The quantitative estimate of drug-likeness (QED) is 0.639. The molecule has 0 bridgehead atoms. The number of nitro groups is 1. The van der Waals surface area contributed by atoms with Crippen molar-refractivity contribution in [2.45, 2.75) is 18.6 Å². The summed E-state index contributed by atoms with van der Waals surface area (Å²) in [6.07, 6.45) is 2.70. The van der Waals surface area contributed by atoms with Crippen LogP contribution in [-0.2, 0) is 0 Å². The van der Waals surface area contributed by atoms with E-state index in [0.717, 1.165) is 6.42 Å². The van der Waals surface area contributed by atoms with Crippen molar-refractivity contribution in [2.75, 3.05) is 18.1 Å². The minimum atomic E-state index is -0.946. The standard InChI is InChI=1S/C11H14F2N2O2S/c1-7(18-2)3-4-14-11-9(12)5-8(15(16)17)6-10(11)13/h5-7,14H,3-4H2,1-2H3. The minimum absolute atomic E-state index is 0.311. The van der Waals surface area contributed by atoms with Crippen molar-refractivity contribution in [1.29, 1.82) is 0 Å². The summed E-state index contributed by atoms with van der Waals surface area (Å²) in [6.45, 7) is 2.42. The first-order valence-corrected chi connectivity index (χ1v) is 6.64. The zero-order valence-corrected chi connectivity index (χ0v) is 10.9. The van der Waals surface area contributed by atoms with Crippen LogP contribution in [0.2, 0.25) is 0 Å². The van der Waals surface area contributed by atoms with Crippen molar-refractivity contribution in [1.82, 2.24) is 0 Å². The predicted molar refractivity (Wildman–Crippen MR) is 69.1 cm³/mol. The van der Waals surface area contributed by atoms with Crippen molar-refractivity contribution in [2.24, 2.45) is 0 Å². The molecule has 0 spiro atoms. The van der Waals surface area contributed by atoms with Crippen LogP contribution in [0.3, 0.4) is 0 Å². The van der Waals surface area contributed by atoms with Crippen LogP contribution >= 0.6 is 11.8 Å². The van der Waals surface area contributed by atoms with Crippen LogP contribution in [0.15, 0.2) is 12.1 Å². The lowest BCUT2D eigenvalue weighted by Gasteiger charge is -2.11. The Kier molecular flexibility index (Phi) is 5.33. The second kappa shape index (κ2) is 6.53. The monoisotopic (exact) mass is 276 g/mol. The van der Waals surface area contributed by atoms with Crippen molar-refractivity contribution in [3.8, 4) is 0 Å². The summed E-state index contributed by atoms with van der Waals surface area (Å²) in [5.74, 6) is -1.89. The topological polar surface area (TPSA) is 55.2 Å². The van der Waals surface area contributed by atoms with Crippen molar-refractivity contribution < 1.29 is 13.7 Å². The molecule has 0 aliphatic carbocycles. The molecule has 1 aromatic carbocycles. The number of nitrogens with zero attached hydrogens (tertiary/aromatic N) is 1. The maximum atomic E-state index is 13.5. The molecular formula is C11H14F2N2O2S. The highest BCUT2D eigenvalue weighted by Crippen LogP contribution is 2.25. The normalized spacial score (nSPS) is 12.2. The van der Waals surface area contributed by atoms with Gasteiger partial charge in [0.15, 0.2) is 11.6 Å². The maximum absolute atomic E-state index is 13.5. The number of nitrogens with one attached hydrogen (secondary N) is 1. The molecule has 1 rings (SSSR count). The number of benzene rings is 1. The number of hydrogen-bond acceptors (Lipinski definition) is 4. The van der Waals surface area contributed by atoms with Gasteiger partial charge in [-0.15, -0.1) is 0 Å². The van der Waals surface area contributed by atoms with Gasteiger partial charge in [0.25, 0.3) is 5.69 Å². The van der Waals surface area contributed by atoms with Gasteiger partial charge >= 0.3 is 0 Å². The fraction of sp³-hybridized carbons (Fsp3) is 0.455. The summed E-state index contributed by atoms with van der Waals surface area (Å²) in [7, 11) is 0.